The first kappa shape index (κ1) is 43.6. The van der Waals surface area contributed by atoms with E-state index in [1.54, 1.807) is 6.26 Å². The minimum Gasteiger partial charge on any atom is -0.283 e. The highest BCUT2D eigenvalue weighted by molar-refractivity contribution is 7.99. The van der Waals surface area contributed by atoms with Gasteiger partial charge in [0.25, 0.3) is 11.3 Å². The number of carbonyl (C=O) groups is 2. The van der Waals surface area contributed by atoms with Gasteiger partial charge in [-0.3, -0.25) is 14.4 Å². The lowest BCUT2D eigenvalue weighted by molar-refractivity contribution is -0.144. The highest BCUT2D eigenvalue weighted by Crippen LogP contribution is 2.40. The van der Waals surface area contributed by atoms with Crippen molar-refractivity contribution in [1.82, 2.24) is 14.8 Å². The summed E-state index contributed by atoms with van der Waals surface area (Å²) in [4.78, 5) is 37.8. The number of hydrogen-bond acceptors (Lipinski definition) is 7. The van der Waals surface area contributed by atoms with E-state index >= 15 is 0 Å². The molecule has 1 amide bonds. The Hall–Kier alpha value is -3.59. The summed E-state index contributed by atoms with van der Waals surface area (Å²) in [7, 11) is 2.33. The maximum Gasteiger partial charge on any atom is 0.436 e. The Morgan fingerprint density at radius 3 is 1.65 bits per heavy atom. The normalized spacial score (nSPS) is 12.0. The Morgan fingerprint density at radius 2 is 1.27 bits per heavy atom. The van der Waals surface area contributed by atoms with E-state index in [0.717, 1.165) is 57.5 Å². The highest BCUT2D eigenvalue weighted by atomic mass is 32.2. The number of nitrogens with zero attached hydrogens (tertiary/aromatic N) is 4. The van der Waals surface area contributed by atoms with Crippen molar-refractivity contribution in [2.45, 2.75) is 84.5 Å². The maximum absolute atomic E-state index is 13.5. The van der Waals surface area contributed by atoms with Crippen LogP contribution in [0.15, 0.2) is 39.1 Å². The smallest absolute Gasteiger partial charge is 0.283 e. The molecule has 7 nitrogen and oxygen atoms in total. The van der Waals surface area contributed by atoms with Crippen molar-refractivity contribution in [3.63, 3.8) is 0 Å². The lowest BCUT2D eigenvalue weighted by atomic mass is 9.90. The van der Waals surface area contributed by atoms with Gasteiger partial charge >= 0.3 is 18.3 Å². The second-order valence-electron chi connectivity index (χ2n) is 11.6. The zero-order valence-corrected chi connectivity index (χ0v) is 32.1. The number of rotatable bonds is 11. The Labute approximate surface area is 303 Å². The lowest BCUT2D eigenvalue weighted by Crippen LogP contribution is -2.35. The number of likely N-dealkylation sites (N-methyl/N-ethyl adjacent to an activating group) is 1. The molecule has 1 aromatic heterocycles. The summed E-state index contributed by atoms with van der Waals surface area (Å²) in [6, 6.07) is 7.51. The van der Waals surface area contributed by atoms with Crippen molar-refractivity contribution in [3.8, 4) is 11.1 Å². The van der Waals surface area contributed by atoms with Crippen LogP contribution >= 0.6 is 23.5 Å². The van der Waals surface area contributed by atoms with Crippen LogP contribution in [0, 0.1) is 13.8 Å². The molecule has 15 heteroatoms. The third-order valence-corrected chi connectivity index (χ3v) is 9.30. The van der Waals surface area contributed by atoms with Gasteiger partial charge in [0.05, 0.1) is 10.5 Å². The third kappa shape index (κ3) is 10.5. The van der Waals surface area contributed by atoms with Crippen molar-refractivity contribution >= 4 is 40.9 Å². The van der Waals surface area contributed by atoms with Gasteiger partial charge in [0.15, 0.2) is 11.4 Å². The molecule has 0 spiro atoms. The fourth-order valence-corrected chi connectivity index (χ4v) is 6.86. The third-order valence-electron chi connectivity index (χ3n) is 7.93. The number of benzene rings is 2. The molecular weight excluding hydrogens is 715 g/mol. The van der Waals surface area contributed by atoms with Gasteiger partial charge in [-0.2, -0.15) is 48.3 Å². The molecule has 0 unspecified atom stereocenters. The van der Waals surface area contributed by atoms with E-state index in [9.17, 15) is 40.7 Å². The van der Waals surface area contributed by atoms with Crippen molar-refractivity contribution < 1.29 is 35.9 Å². The number of hydrazone groups is 1. The van der Waals surface area contributed by atoms with E-state index in [2.05, 4.69) is 10.2 Å². The number of halogens is 6. The van der Waals surface area contributed by atoms with Crippen molar-refractivity contribution in [3.05, 3.63) is 79.3 Å². The van der Waals surface area contributed by atoms with Gasteiger partial charge in [-0.15, -0.1) is 11.8 Å². The van der Waals surface area contributed by atoms with E-state index in [1.165, 1.54) is 13.3 Å². The molecule has 0 aliphatic rings. The molecule has 51 heavy (non-hydrogen) atoms. The predicted molar refractivity (Wildman–Crippen MR) is 194 cm³/mol. The van der Waals surface area contributed by atoms with Crippen LogP contribution in [0.25, 0.3) is 11.1 Å². The van der Waals surface area contributed by atoms with E-state index < -0.39 is 46.8 Å². The second kappa shape index (κ2) is 18.3. The van der Waals surface area contributed by atoms with Crippen LogP contribution in [0.5, 0.6) is 0 Å². The fraction of sp³-hybridized carbons (Fsp3) is 0.472. The van der Waals surface area contributed by atoms with E-state index in [-0.39, 0.29) is 16.0 Å². The number of aryl methyl sites for hydroxylation is 7. The molecule has 0 fully saturated rings. The number of ketones is 1. The first-order chi connectivity index (χ1) is 23.7. The average molecular weight is 759 g/mol. The molecule has 3 rings (SSSR count). The number of Topliss-reactive ketones (excluding diaryl/α,β-unsaturated/α-hetero) is 1. The van der Waals surface area contributed by atoms with Crippen LogP contribution < -0.4 is 5.56 Å². The first-order valence-corrected chi connectivity index (χ1v) is 18.8. The minimum atomic E-state index is -4.66. The second-order valence-corrected chi connectivity index (χ2v) is 13.3. The van der Waals surface area contributed by atoms with Gasteiger partial charge in [-0.05, 0) is 79.9 Å². The number of hydrogen-bond donors (Lipinski definition) is 0. The summed E-state index contributed by atoms with van der Waals surface area (Å²) in [5.41, 5.74) is 3.53. The molecule has 0 radical (unpaired) electrons. The highest BCUT2D eigenvalue weighted by Gasteiger charge is 2.39. The Kier molecular flexibility index (Phi) is 15.6. The number of thioether (sulfide) groups is 2. The van der Waals surface area contributed by atoms with Crippen molar-refractivity contribution in [2.75, 3.05) is 25.3 Å². The van der Waals surface area contributed by atoms with E-state index in [0.29, 0.717) is 47.4 Å². The molecule has 0 saturated carbocycles. The molecule has 0 aliphatic carbocycles. The molecule has 2 aromatic carbocycles. The van der Waals surface area contributed by atoms with E-state index in [4.69, 9.17) is 0 Å². The Bertz CT molecular complexity index is 1780. The first-order valence-electron chi connectivity index (χ1n) is 16.2. The number of carbonyl (C=O) groups excluding carboxylic acids is 2. The summed E-state index contributed by atoms with van der Waals surface area (Å²) in [6.45, 7) is 11.4. The summed E-state index contributed by atoms with van der Waals surface area (Å²) >= 11 is 1.85. The zero-order valence-electron chi connectivity index (χ0n) is 30.4. The molecule has 0 bridgehead atoms. The van der Waals surface area contributed by atoms with Crippen LogP contribution in [0.4, 0.5) is 26.3 Å². The SMILES string of the molecule is CCc1cc(C)cc(CC)c1-c1c(SC)c(C(F)(F)F)nn(C)c1=O.CCc1cc(C)cc(CC)c1C(=O)C(=O)N(C)N=C(CSC)C(F)(F)F. The zero-order chi connectivity index (χ0) is 39.0. The van der Waals surface area contributed by atoms with Crippen LogP contribution in [-0.2, 0) is 43.7 Å². The molecule has 1 heterocycles. The lowest BCUT2D eigenvalue weighted by Gasteiger charge is -2.20. The van der Waals surface area contributed by atoms with E-state index in [1.807, 2.05) is 65.8 Å². The topological polar surface area (TPSA) is 84.6 Å². The maximum atomic E-state index is 13.5. The van der Waals surface area contributed by atoms with Crippen LogP contribution in [0.2, 0.25) is 0 Å². The van der Waals surface area contributed by atoms with Crippen LogP contribution in [0.3, 0.4) is 0 Å². The summed E-state index contributed by atoms with van der Waals surface area (Å²) in [5.74, 6) is -2.32. The molecule has 280 valence electrons. The monoisotopic (exact) mass is 758 g/mol. The fourth-order valence-electron chi connectivity index (χ4n) is 5.62. The molecule has 0 N–H and O–H groups in total. The standard InChI is InChI=1S/C18H23F3N2O2S.C18H21F3N2OS/c1-6-12-8-11(3)9-13(7-2)15(12)16(24)17(25)23(4)22-14(10-26-5)18(19,20)21;1-6-11-8-10(3)9-12(7-2)13(11)14-15(25-5)16(18(19,20)21)22-23(4)17(14)24/h8-9H,6-7,10H2,1-5H3;8-9H,6-7H2,1-5H3. The number of alkyl halides is 6. The number of amides is 1. The number of aromatic nitrogens is 2. The summed E-state index contributed by atoms with van der Waals surface area (Å²) in [5, 5.41) is 7.32. The van der Waals surface area contributed by atoms with Gasteiger partial charge in [0.1, 0.15) is 0 Å². The predicted octanol–water partition coefficient (Wildman–Crippen LogP) is 8.66. The van der Waals surface area contributed by atoms with Crippen LogP contribution in [0.1, 0.15) is 77.1 Å². The molecule has 0 atom stereocenters. The molecule has 3 aromatic rings. The molecule has 0 aliphatic heterocycles. The quantitative estimate of drug-likeness (QED) is 0.0486. The van der Waals surface area contributed by atoms with Gasteiger partial charge < -0.3 is 0 Å². The Balaban J connectivity index is 0.000000354. The minimum absolute atomic E-state index is 0.103. The summed E-state index contributed by atoms with van der Waals surface area (Å²) < 4.78 is 80.1. The molecular formula is C36H44F6N4O3S2. The van der Waals surface area contributed by atoms with Crippen molar-refractivity contribution in [1.29, 1.82) is 0 Å². The van der Waals surface area contributed by atoms with Crippen molar-refractivity contribution in [2.24, 2.45) is 12.1 Å². The molecule has 0 saturated heterocycles. The average Bonchev–Trinajstić information content (AvgIpc) is 3.06. The van der Waals surface area contributed by atoms with Gasteiger partial charge in [0, 0.05) is 25.4 Å². The summed E-state index contributed by atoms with van der Waals surface area (Å²) in [6.07, 6.45) is -3.90. The Morgan fingerprint density at radius 1 is 0.824 bits per heavy atom. The van der Waals surface area contributed by atoms with Crippen LogP contribution in [-0.4, -0.2) is 63.7 Å². The van der Waals surface area contributed by atoms with Gasteiger partial charge in [-0.1, -0.05) is 63.1 Å². The largest absolute Gasteiger partial charge is 0.436 e. The van der Waals surface area contributed by atoms with Gasteiger partial charge in [0.2, 0.25) is 0 Å². The van der Waals surface area contributed by atoms with Gasteiger partial charge in [-0.25, -0.2) is 9.69 Å².